The van der Waals surface area contributed by atoms with Crippen LogP contribution >= 0.6 is 11.6 Å². The van der Waals surface area contributed by atoms with Gasteiger partial charge in [0.05, 0.1) is 11.3 Å². The molecule has 0 bridgehead atoms. The summed E-state index contributed by atoms with van der Waals surface area (Å²) in [5.74, 6) is 1.94. The van der Waals surface area contributed by atoms with Crippen molar-refractivity contribution in [1.29, 1.82) is 0 Å². The Balaban J connectivity index is 1.82. The summed E-state index contributed by atoms with van der Waals surface area (Å²) in [5.41, 5.74) is 9.07. The minimum absolute atomic E-state index is 0.561. The van der Waals surface area contributed by atoms with Gasteiger partial charge in [-0.3, -0.25) is 0 Å². The molecule has 2 heterocycles. The molecule has 0 spiro atoms. The van der Waals surface area contributed by atoms with Crippen LogP contribution in [0.5, 0.6) is 11.6 Å². The SMILES string of the molecule is Nc1c2c(nn1-c1ccccc1)Oc1ccc(Cl)cc1C2. The van der Waals surface area contributed by atoms with Crippen molar-refractivity contribution in [2.24, 2.45) is 0 Å². The first kappa shape index (κ1) is 12.3. The number of ether oxygens (including phenoxy) is 1. The van der Waals surface area contributed by atoms with E-state index in [1.54, 1.807) is 4.68 Å². The summed E-state index contributed by atoms with van der Waals surface area (Å²) in [4.78, 5) is 0. The fourth-order valence-electron chi connectivity index (χ4n) is 2.54. The first-order chi connectivity index (χ1) is 10.2. The Morgan fingerprint density at radius 3 is 2.76 bits per heavy atom. The molecule has 104 valence electrons. The van der Waals surface area contributed by atoms with Crippen LogP contribution in [0.15, 0.2) is 48.5 Å². The van der Waals surface area contributed by atoms with E-state index in [0.29, 0.717) is 23.1 Å². The fourth-order valence-corrected chi connectivity index (χ4v) is 2.73. The van der Waals surface area contributed by atoms with Crippen LogP contribution in [-0.4, -0.2) is 9.78 Å². The van der Waals surface area contributed by atoms with Gasteiger partial charge in [-0.05, 0) is 30.3 Å². The molecule has 3 aromatic rings. The smallest absolute Gasteiger partial charge is 0.244 e. The molecular weight excluding hydrogens is 286 g/mol. The van der Waals surface area contributed by atoms with Gasteiger partial charge in [0, 0.05) is 17.0 Å². The van der Waals surface area contributed by atoms with Crippen molar-refractivity contribution in [3.05, 3.63) is 64.7 Å². The first-order valence-corrected chi connectivity index (χ1v) is 6.99. The minimum atomic E-state index is 0.561. The molecule has 0 radical (unpaired) electrons. The number of aromatic nitrogens is 2. The quantitative estimate of drug-likeness (QED) is 0.581. The highest BCUT2D eigenvalue weighted by Crippen LogP contribution is 2.40. The van der Waals surface area contributed by atoms with Gasteiger partial charge in [-0.25, -0.2) is 4.68 Å². The van der Waals surface area contributed by atoms with E-state index in [2.05, 4.69) is 5.10 Å². The molecule has 0 atom stereocenters. The summed E-state index contributed by atoms with van der Waals surface area (Å²) in [6.07, 6.45) is 0.671. The third-order valence-corrected chi connectivity index (χ3v) is 3.82. The van der Waals surface area contributed by atoms with E-state index in [-0.39, 0.29) is 0 Å². The lowest BCUT2D eigenvalue weighted by Crippen LogP contribution is -2.04. The largest absolute Gasteiger partial charge is 0.437 e. The zero-order chi connectivity index (χ0) is 14.4. The highest BCUT2D eigenvalue weighted by Gasteiger charge is 2.25. The Labute approximate surface area is 126 Å². The maximum Gasteiger partial charge on any atom is 0.244 e. The molecule has 0 saturated carbocycles. The van der Waals surface area contributed by atoms with Crippen molar-refractivity contribution in [1.82, 2.24) is 9.78 Å². The number of fused-ring (bicyclic) bond motifs is 2. The fraction of sp³-hybridized carbons (Fsp3) is 0.0625. The summed E-state index contributed by atoms with van der Waals surface area (Å²) >= 11 is 6.04. The lowest BCUT2D eigenvalue weighted by molar-refractivity contribution is 0.438. The molecule has 1 aliphatic heterocycles. The average molecular weight is 298 g/mol. The number of anilines is 1. The zero-order valence-corrected chi connectivity index (χ0v) is 11.8. The molecule has 21 heavy (non-hydrogen) atoms. The number of nitrogens with two attached hydrogens (primary N) is 1. The third kappa shape index (κ3) is 1.96. The molecule has 1 aliphatic rings. The van der Waals surface area contributed by atoms with Crippen molar-refractivity contribution >= 4 is 17.4 Å². The molecule has 0 saturated heterocycles. The normalized spacial score (nSPS) is 12.4. The predicted molar refractivity (Wildman–Crippen MR) is 82.3 cm³/mol. The van der Waals surface area contributed by atoms with E-state index >= 15 is 0 Å². The van der Waals surface area contributed by atoms with Gasteiger partial charge >= 0.3 is 0 Å². The summed E-state index contributed by atoms with van der Waals surface area (Å²) in [7, 11) is 0. The van der Waals surface area contributed by atoms with Crippen LogP contribution in [0.3, 0.4) is 0 Å². The molecule has 4 rings (SSSR count). The van der Waals surface area contributed by atoms with Crippen LogP contribution in [0, 0.1) is 0 Å². The second-order valence-corrected chi connectivity index (χ2v) is 5.38. The number of hydrogen-bond donors (Lipinski definition) is 1. The number of halogens is 1. The molecular formula is C16H12ClN3O. The van der Waals surface area contributed by atoms with Crippen molar-refractivity contribution in [2.45, 2.75) is 6.42 Å². The van der Waals surface area contributed by atoms with Crippen LogP contribution in [0.25, 0.3) is 5.69 Å². The second-order valence-electron chi connectivity index (χ2n) is 4.95. The average Bonchev–Trinajstić information content (AvgIpc) is 2.83. The second kappa shape index (κ2) is 4.53. The Morgan fingerprint density at radius 2 is 1.95 bits per heavy atom. The van der Waals surface area contributed by atoms with Crippen molar-refractivity contribution < 1.29 is 4.74 Å². The van der Waals surface area contributed by atoms with E-state index < -0.39 is 0 Å². The monoisotopic (exact) mass is 297 g/mol. The standard InChI is InChI=1S/C16H12ClN3O/c17-11-6-7-14-10(8-11)9-13-15(18)20(19-16(13)21-14)12-4-2-1-3-5-12/h1-8H,9,18H2. The van der Waals surface area contributed by atoms with Crippen molar-refractivity contribution in [3.63, 3.8) is 0 Å². The lowest BCUT2D eigenvalue weighted by Gasteiger charge is -2.16. The topological polar surface area (TPSA) is 53.1 Å². The highest BCUT2D eigenvalue weighted by molar-refractivity contribution is 6.30. The first-order valence-electron chi connectivity index (χ1n) is 6.61. The Hall–Kier alpha value is -2.46. The number of nitrogen functional groups attached to an aromatic ring is 1. The van der Waals surface area contributed by atoms with E-state index in [4.69, 9.17) is 22.1 Å². The van der Waals surface area contributed by atoms with Gasteiger partial charge in [-0.2, -0.15) is 0 Å². The molecule has 2 N–H and O–H groups in total. The number of rotatable bonds is 1. The Morgan fingerprint density at radius 1 is 1.14 bits per heavy atom. The summed E-state index contributed by atoms with van der Waals surface area (Å²) in [6, 6.07) is 15.3. The van der Waals surface area contributed by atoms with Crippen LogP contribution < -0.4 is 10.5 Å². The number of para-hydroxylation sites is 1. The highest BCUT2D eigenvalue weighted by atomic mass is 35.5. The molecule has 0 amide bonds. The van der Waals surface area contributed by atoms with Crippen LogP contribution in [0.1, 0.15) is 11.1 Å². The van der Waals surface area contributed by atoms with E-state index in [0.717, 1.165) is 22.6 Å². The molecule has 0 fully saturated rings. The predicted octanol–water partition coefficient (Wildman–Crippen LogP) is 3.80. The number of benzene rings is 2. The lowest BCUT2D eigenvalue weighted by atomic mass is 10.0. The number of hydrogen-bond acceptors (Lipinski definition) is 3. The van der Waals surface area contributed by atoms with Gasteiger partial charge in [0.2, 0.25) is 5.88 Å². The molecule has 0 unspecified atom stereocenters. The van der Waals surface area contributed by atoms with Gasteiger partial charge in [0.25, 0.3) is 0 Å². The molecule has 4 nitrogen and oxygen atoms in total. The number of nitrogens with zero attached hydrogens (tertiary/aromatic N) is 2. The molecule has 2 aromatic carbocycles. The van der Waals surface area contributed by atoms with Crippen molar-refractivity contribution in [3.8, 4) is 17.3 Å². The third-order valence-electron chi connectivity index (χ3n) is 3.58. The van der Waals surface area contributed by atoms with E-state index in [1.807, 2.05) is 48.5 Å². The van der Waals surface area contributed by atoms with E-state index in [1.165, 1.54) is 0 Å². The zero-order valence-electron chi connectivity index (χ0n) is 11.1. The van der Waals surface area contributed by atoms with Gasteiger partial charge in [0.1, 0.15) is 11.6 Å². The Bertz CT molecular complexity index is 827. The maximum absolute atomic E-state index is 6.24. The van der Waals surface area contributed by atoms with Gasteiger partial charge in [0.15, 0.2) is 0 Å². The van der Waals surface area contributed by atoms with Gasteiger partial charge < -0.3 is 10.5 Å². The van der Waals surface area contributed by atoms with Crippen molar-refractivity contribution in [2.75, 3.05) is 5.73 Å². The van der Waals surface area contributed by atoms with Gasteiger partial charge in [-0.1, -0.05) is 29.8 Å². The molecule has 1 aromatic heterocycles. The maximum atomic E-state index is 6.24. The van der Waals surface area contributed by atoms with E-state index in [9.17, 15) is 0 Å². The van der Waals surface area contributed by atoms with Gasteiger partial charge in [-0.15, -0.1) is 5.10 Å². The summed E-state index contributed by atoms with van der Waals surface area (Å²) in [6.45, 7) is 0. The molecule has 5 heteroatoms. The van der Waals surface area contributed by atoms with Crippen LogP contribution in [-0.2, 0) is 6.42 Å². The van der Waals surface area contributed by atoms with Crippen LogP contribution in [0.4, 0.5) is 5.82 Å². The summed E-state index contributed by atoms with van der Waals surface area (Å²) < 4.78 is 7.55. The Kier molecular flexibility index (Phi) is 2.65. The van der Waals surface area contributed by atoms with Crippen LogP contribution in [0.2, 0.25) is 5.02 Å². The minimum Gasteiger partial charge on any atom is -0.437 e. The molecule has 0 aliphatic carbocycles. The summed E-state index contributed by atoms with van der Waals surface area (Å²) in [5, 5.41) is 5.17.